The first-order valence-corrected chi connectivity index (χ1v) is 9.19. The van der Waals surface area contributed by atoms with Crippen LogP contribution >= 0.6 is 0 Å². The fourth-order valence-corrected chi connectivity index (χ4v) is 3.36. The van der Waals surface area contributed by atoms with Crippen molar-refractivity contribution in [2.24, 2.45) is 0 Å². The van der Waals surface area contributed by atoms with Crippen LogP contribution in [0.2, 0.25) is 0 Å². The first-order valence-electron chi connectivity index (χ1n) is 9.19. The van der Waals surface area contributed by atoms with Crippen molar-refractivity contribution in [2.45, 2.75) is 19.4 Å². The van der Waals surface area contributed by atoms with Gasteiger partial charge in [-0.1, -0.05) is 24.3 Å². The molecule has 0 bridgehead atoms. The molecule has 0 unspecified atom stereocenters. The molecule has 1 saturated heterocycles. The molecule has 0 N–H and O–H groups in total. The molecule has 0 saturated carbocycles. The fraction of sp³-hybridized carbons (Fsp3) is 0.273. The van der Waals surface area contributed by atoms with Crippen molar-refractivity contribution >= 4 is 22.7 Å². The number of hydrogen-bond donors (Lipinski definition) is 0. The van der Waals surface area contributed by atoms with Crippen molar-refractivity contribution in [1.82, 2.24) is 4.98 Å². The third-order valence-corrected chi connectivity index (χ3v) is 4.87. The SMILES string of the molecule is COC(=O)c1ccc(COc2cccc3ccc(N4CCCC4)nc23)cc1. The maximum absolute atomic E-state index is 11.5. The second-order valence-electron chi connectivity index (χ2n) is 6.67. The van der Waals surface area contributed by atoms with Crippen LogP contribution in [0.3, 0.4) is 0 Å². The molecular formula is C22H22N2O3. The van der Waals surface area contributed by atoms with E-state index in [1.165, 1.54) is 20.0 Å². The zero-order valence-corrected chi connectivity index (χ0v) is 15.4. The van der Waals surface area contributed by atoms with Crippen LogP contribution in [0, 0.1) is 0 Å². The minimum atomic E-state index is -0.338. The number of carbonyl (C=O) groups is 1. The lowest BCUT2D eigenvalue weighted by Gasteiger charge is -2.17. The van der Waals surface area contributed by atoms with Gasteiger partial charge in [0.1, 0.15) is 23.7 Å². The largest absolute Gasteiger partial charge is 0.487 e. The van der Waals surface area contributed by atoms with Crippen molar-refractivity contribution < 1.29 is 14.3 Å². The molecule has 3 aromatic rings. The van der Waals surface area contributed by atoms with E-state index in [9.17, 15) is 4.79 Å². The summed E-state index contributed by atoms with van der Waals surface area (Å²) in [5.74, 6) is 1.44. The number of ether oxygens (including phenoxy) is 2. The van der Waals surface area contributed by atoms with E-state index in [0.29, 0.717) is 12.2 Å². The first kappa shape index (κ1) is 17.3. The number of esters is 1. The molecule has 5 nitrogen and oxygen atoms in total. The second-order valence-corrected chi connectivity index (χ2v) is 6.67. The highest BCUT2D eigenvalue weighted by Gasteiger charge is 2.15. The summed E-state index contributed by atoms with van der Waals surface area (Å²) in [5.41, 5.74) is 2.40. The van der Waals surface area contributed by atoms with Crippen LogP contribution in [0.15, 0.2) is 54.6 Å². The van der Waals surface area contributed by atoms with Crippen LogP contribution in [0.4, 0.5) is 5.82 Å². The predicted molar refractivity (Wildman–Crippen MR) is 105 cm³/mol. The van der Waals surface area contributed by atoms with E-state index in [1.54, 1.807) is 12.1 Å². The third kappa shape index (κ3) is 3.72. The van der Waals surface area contributed by atoms with Gasteiger partial charge in [-0.3, -0.25) is 0 Å². The highest BCUT2D eigenvalue weighted by Crippen LogP contribution is 2.28. The van der Waals surface area contributed by atoms with Crippen molar-refractivity contribution in [2.75, 3.05) is 25.1 Å². The number of aromatic nitrogens is 1. The molecule has 0 aliphatic carbocycles. The first-order chi connectivity index (χ1) is 13.2. The van der Waals surface area contributed by atoms with Crippen LogP contribution in [-0.4, -0.2) is 31.2 Å². The maximum Gasteiger partial charge on any atom is 0.337 e. The summed E-state index contributed by atoms with van der Waals surface area (Å²) in [7, 11) is 1.38. The number of para-hydroxylation sites is 1. The topological polar surface area (TPSA) is 51.7 Å². The van der Waals surface area contributed by atoms with E-state index in [4.69, 9.17) is 14.5 Å². The molecule has 138 valence electrons. The number of carbonyl (C=O) groups excluding carboxylic acids is 1. The smallest absolute Gasteiger partial charge is 0.337 e. The average Bonchev–Trinajstić information content (AvgIpc) is 3.26. The Morgan fingerprint density at radius 2 is 1.81 bits per heavy atom. The standard InChI is InChI=1S/C22H22N2O3/c1-26-22(25)18-9-7-16(8-10-18)15-27-19-6-4-5-17-11-12-20(23-21(17)19)24-13-2-3-14-24/h4-12H,2-3,13-15H2,1H3. The molecule has 1 aliphatic rings. The van der Waals surface area contributed by atoms with Gasteiger partial charge in [0, 0.05) is 18.5 Å². The van der Waals surface area contributed by atoms with Gasteiger partial charge < -0.3 is 14.4 Å². The van der Waals surface area contributed by atoms with E-state index >= 15 is 0 Å². The number of methoxy groups -OCH3 is 1. The maximum atomic E-state index is 11.5. The Bertz CT molecular complexity index is 947. The highest BCUT2D eigenvalue weighted by molar-refractivity contribution is 5.89. The molecule has 27 heavy (non-hydrogen) atoms. The Morgan fingerprint density at radius 3 is 2.56 bits per heavy atom. The van der Waals surface area contributed by atoms with Gasteiger partial charge in [-0.15, -0.1) is 0 Å². The molecular weight excluding hydrogens is 340 g/mol. The van der Waals surface area contributed by atoms with Gasteiger partial charge in [-0.25, -0.2) is 9.78 Å². The number of fused-ring (bicyclic) bond motifs is 1. The molecule has 5 heteroatoms. The van der Waals surface area contributed by atoms with Gasteiger partial charge in [0.15, 0.2) is 0 Å². The molecule has 1 aliphatic heterocycles. The lowest BCUT2D eigenvalue weighted by molar-refractivity contribution is 0.0600. The minimum absolute atomic E-state index is 0.338. The number of pyridine rings is 1. The quantitative estimate of drug-likeness (QED) is 0.637. The van der Waals surface area contributed by atoms with Gasteiger partial charge in [0.25, 0.3) is 0 Å². The summed E-state index contributed by atoms with van der Waals surface area (Å²) in [4.78, 5) is 18.7. The van der Waals surface area contributed by atoms with E-state index in [-0.39, 0.29) is 5.97 Å². The molecule has 0 radical (unpaired) electrons. The number of nitrogens with zero attached hydrogens (tertiary/aromatic N) is 2. The molecule has 0 amide bonds. The molecule has 1 fully saturated rings. The van der Waals surface area contributed by atoms with Crippen molar-refractivity contribution in [3.05, 3.63) is 65.7 Å². The Hall–Kier alpha value is -3.08. The van der Waals surface area contributed by atoms with Gasteiger partial charge in [-0.2, -0.15) is 0 Å². The number of anilines is 1. The molecule has 2 aromatic carbocycles. The summed E-state index contributed by atoms with van der Waals surface area (Å²) in [6.07, 6.45) is 2.44. The Balaban J connectivity index is 1.54. The lowest BCUT2D eigenvalue weighted by Crippen LogP contribution is -2.18. The normalized spacial score (nSPS) is 13.7. The van der Waals surface area contributed by atoms with Crippen molar-refractivity contribution in [3.63, 3.8) is 0 Å². The van der Waals surface area contributed by atoms with E-state index < -0.39 is 0 Å². The lowest BCUT2D eigenvalue weighted by atomic mass is 10.1. The number of rotatable bonds is 5. The van der Waals surface area contributed by atoms with Crippen LogP contribution in [0.25, 0.3) is 10.9 Å². The van der Waals surface area contributed by atoms with Crippen molar-refractivity contribution in [1.29, 1.82) is 0 Å². The Morgan fingerprint density at radius 1 is 1.04 bits per heavy atom. The number of hydrogen-bond acceptors (Lipinski definition) is 5. The average molecular weight is 362 g/mol. The summed E-state index contributed by atoms with van der Waals surface area (Å²) in [5, 5.41) is 1.07. The summed E-state index contributed by atoms with van der Waals surface area (Å²) in [6.45, 7) is 2.54. The summed E-state index contributed by atoms with van der Waals surface area (Å²) < 4.78 is 10.8. The number of benzene rings is 2. The van der Waals surface area contributed by atoms with E-state index in [2.05, 4.69) is 17.0 Å². The highest BCUT2D eigenvalue weighted by atomic mass is 16.5. The summed E-state index contributed by atoms with van der Waals surface area (Å²) in [6, 6.07) is 17.4. The van der Waals surface area contributed by atoms with E-state index in [0.717, 1.165) is 41.1 Å². The monoisotopic (exact) mass is 362 g/mol. The predicted octanol–water partition coefficient (Wildman–Crippen LogP) is 4.20. The summed E-state index contributed by atoms with van der Waals surface area (Å²) >= 11 is 0. The van der Waals surface area contributed by atoms with Crippen LogP contribution in [0.5, 0.6) is 5.75 Å². The van der Waals surface area contributed by atoms with Crippen LogP contribution < -0.4 is 9.64 Å². The van der Waals surface area contributed by atoms with Crippen molar-refractivity contribution in [3.8, 4) is 5.75 Å². The molecule has 0 spiro atoms. The van der Waals surface area contributed by atoms with Gasteiger partial charge in [0.05, 0.1) is 12.7 Å². The molecule has 4 rings (SSSR count). The fourth-order valence-electron chi connectivity index (χ4n) is 3.36. The van der Waals surface area contributed by atoms with Crippen LogP contribution in [-0.2, 0) is 11.3 Å². The zero-order chi connectivity index (χ0) is 18.6. The second kappa shape index (κ2) is 7.66. The van der Waals surface area contributed by atoms with Gasteiger partial charge in [0.2, 0.25) is 0 Å². The van der Waals surface area contributed by atoms with Crippen LogP contribution in [0.1, 0.15) is 28.8 Å². The minimum Gasteiger partial charge on any atom is -0.487 e. The zero-order valence-electron chi connectivity index (χ0n) is 15.4. The van der Waals surface area contributed by atoms with E-state index in [1.807, 2.05) is 30.3 Å². The van der Waals surface area contributed by atoms with Gasteiger partial charge in [-0.05, 0) is 48.7 Å². The third-order valence-electron chi connectivity index (χ3n) is 4.87. The van der Waals surface area contributed by atoms with Gasteiger partial charge >= 0.3 is 5.97 Å². The molecule has 1 aromatic heterocycles. The molecule has 2 heterocycles. The Labute approximate surface area is 158 Å². The molecule has 0 atom stereocenters. The Kier molecular flexibility index (Phi) is 4.92.